The van der Waals surface area contributed by atoms with E-state index in [9.17, 15) is 13.5 Å². The first kappa shape index (κ1) is 16.3. The number of aliphatic hydroxyl groups excluding tert-OH is 1. The first-order valence-corrected chi connectivity index (χ1v) is 9.04. The molecule has 1 aliphatic rings. The average molecular weight is 312 g/mol. The minimum Gasteiger partial charge on any atom is -0.395 e. The molecular formula is C15H24N2O3S. The van der Waals surface area contributed by atoms with E-state index in [2.05, 4.69) is 9.62 Å². The molecule has 6 heteroatoms. The topological polar surface area (TPSA) is 69.6 Å². The third-order valence-corrected chi connectivity index (χ3v) is 5.48. The van der Waals surface area contributed by atoms with E-state index in [4.69, 9.17) is 0 Å². The Bertz CT molecular complexity index is 537. The molecule has 1 aromatic rings. The van der Waals surface area contributed by atoms with Crippen molar-refractivity contribution in [2.75, 3.05) is 24.6 Å². The Labute approximate surface area is 127 Å². The van der Waals surface area contributed by atoms with E-state index in [1.807, 2.05) is 12.1 Å². The predicted molar refractivity (Wildman–Crippen MR) is 84.0 cm³/mol. The quantitative estimate of drug-likeness (QED) is 0.804. The lowest BCUT2D eigenvalue weighted by atomic mass is 10.1. The van der Waals surface area contributed by atoms with E-state index in [-0.39, 0.29) is 11.5 Å². The van der Waals surface area contributed by atoms with Crippen LogP contribution in [0, 0.1) is 0 Å². The van der Waals surface area contributed by atoms with E-state index in [1.54, 1.807) is 19.1 Å². The first-order chi connectivity index (χ1) is 10.1. The zero-order chi connectivity index (χ0) is 15.3. The SMILES string of the molecule is CCNS(=O)(=O)c1ccc(N(CCO)C2CCCC2)cc1. The molecule has 0 aromatic heterocycles. The van der Waals surface area contributed by atoms with Gasteiger partial charge in [0.2, 0.25) is 10.0 Å². The molecule has 21 heavy (non-hydrogen) atoms. The highest BCUT2D eigenvalue weighted by atomic mass is 32.2. The Kier molecular flexibility index (Phi) is 5.61. The number of nitrogens with zero attached hydrogens (tertiary/aromatic N) is 1. The van der Waals surface area contributed by atoms with Gasteiger partial charge in [0.1, 0.15) is 0 Å². The van der Waals surface area contributed by atoms with Crippen molar-refractivity contribution < 1.29 is 13.5 Å². The van der Waals surface area contributed by atoms with Gasteiger partial charge in [0.05, 0.1) is 11.5 Å². The third-order valence-electron chi connectivity index (χ3n) is 3.92. The van der Waals surface area contributed by atoms with Crippen molar-refractivity contribution in [2.45, 2.75) is 43.5 Å². The van der Waals surface area contributed by atoms with Crippen LogP contribution in [0.5, 0.6) is 0 Å². The fourth-order valence-corrected chi connectivity index (χ4v) is 3.98. The Morgan fingerprint density at radius 3 is 2.38 bits per heavy atom. The lowest BCUT2D eigenvalue weighted by Crippen LogP contribution is -2.35. The van der Waals surface area contributed by atoms with Crippen LogP contribution < -0.4 is 9.62 Å². The molecule has 1 fully saturated rings. The molecule has 0 bridgehead atoms. The molecule has 2 rings (SSSR count). The standard InChI is InChI=1S/C15H24N2O3S/c1-2-16-21(19,20)15-9-7-14(8-10-15)17(11-12-18)13-5-3-4-6-13/h7-10,13,16,18H,2-6,11-12H2,1H3. The first-order valence-electron chi connectivity index (χ1n) is 7.55. The number of aliphatic hydroxyl groups is 1. The lowest BCUT2D eigenvalue weighted by Gasteiger charge is -2.30. The van der Waals surface area contributed by atoms with Crippen molar-refractivity contribution >= 4 is 15.7 Å². The van der Waals surface area contributed by atoms with Crippen LogP contribution >= 0.6 is 0 Å². The van der Waals surface area contributed by atoms with Crippen LogP contribution in [0.15, 0.2) is 29.2 Å². The summed E-state index contributed by atoms with van der Waals surface area (Å²) in [5.74, 6) is 0. The molecule has 0 unspecified atom stereocenters. The van der Waals surface area contributed by atoms with Gasteiger partial charge in [-0.2, -0.15) is 0 Å². The molecule has 0 atom stereocenters. The number of benzene rings is 1. The fraction of sp³-hybridized carbons (Fsp3) is 0.600. The maximum absolute atomic E-state index is 11.9. The molecule has 118 valence electrons. The Balaban J connectivity index is 2.19. The van der Waals surface area contributed by atoms with Crippen molar-refractivity contribution in [3.05, 3.63) is 24.3 Å². The van der Waals surface area contributed by atoms with Crippen LogP contribution in [0.4, 0.5) is 5.69 Å². The van der Waals surface area contributed by atoms with E-state index in [1.165, 1.54) is 12.8 Å². The second-order valence-electron chi connectivity index (χ2n) is 5.35. The Morgan fingerprint density at radius 2 is 1.86 bits per heavy atom. The fourth-order valence-electron chi connectivity index (χ4n) is 2.94. The highest BCUT2D eigenvalue weighted by molar-refractivity contribution is 7.89. The third kappa shape index (κ3) is 3.96. The van der Waals surface area contributed by atoms with Gasteiger partial charge in [0, 0.05) is 24.8 Å². The molecule has 5 nitrogen and oxygen atoms in total. The minimum atomic E-state index is -3.40. The van der Waals surface area contributed by atoms with Crippen LogP contribution in [0.2, 0.25) is 0 Å². The summed E-state index contributed by atoms with van der Waals surface area (Å²) >= 11 is 0. The van der Waals surface area contributed by atoms with Gasteiger partial charge < -0.3 is 10.0 Å². The Hall–Kier alpha value is -1.11. The highest BCUT2D eigenvalue weighted by Crippen LogP contribution is 2.28. The number of hydrogen-bond acceptors (Lipinski definition) is 4. The van der Waals surface area contributed by atoms with E-state index >= 15 is 0 Å². The minimum absolute atomic E-state index is 0.105. The molecule has 1 saturated carbocycles. The summed E-state index contributed by atoms with van der Waals surface area (Å²) in [6, 6.07) is 7.38. The molecule has 0 radical (unpaired) electrons. The van der Waals surface area contributed by atoms with Gasteiger partial charge in [0.25, 0.3) is 0 Å². The predicted octanol–water partition coefficient (Wildman–Crippen LogP) is 1.73. The molecule has 0 amide bonds. The lowest BCUT2D eigenvalue weighted by molar-refractivity contribution is 0.297. The van der Waals surface area contributed by atoms with Crippen LogP contribution in [0.25, 0.3) is 0 Å². The van der Waals surface area contributed by atoms with Crippen molar-refractivity contribution in [3.8, 4) is 0 Å². The van der Waals surface area contributed by atoms with Gasteiger partial charge in [-0.1, -0.05) is 19.8 Å². The van der Waals surface area contributed by atoms with Gasteiger partial charge in [-0.25, -0.2) is 13.1 Å². The molecular weight excluding hydrogens is 288 g/mol. The van der Waals surface area contributed by atoms with Crippen LogP contribution in [-0.4, -0.2) is 39.3 Å². The van der Waals surface area contributed by atoms with Gasteiger partial charge in [-0.15, -0.1) is 0 Å². The van der Waals surface area contributed by atoms with Gasteiger partial charge >= 0.3 is 0 Å². The summed E-state index contributed by atoms with van der Waals surface area (Å²) in [5.41, 5.74) is 0.978. The molecule has 2 N–H and O–H groups in total. The van der Waals surface area contributed by atoms with Gasteiger partial charge in [-0.05, 0) is 37.1 Å². The maximum atomic E-state index is 11.9. The van der Waals surface area contributed by atoms with Crippen molar-refractivity contribution in [2.24, 2.45) is 0 Å². The number of hydrogen-bond donors (Lipinski definition) is 2. The molecule has 1 aromatic carbocycles. The Morgan fingerprint density at radius 1 is 1.24 bits per heavy atom. The van der Waals surface area contributed by atoms with E-state index < -0.39 is 10.0 Å². The highest BCUT2D eigenvalue weighted by Gasteiger charge is 2.23. The summed E-state index contributed by atoms with van der Waals surface area (Å²) in [6.07, 6.45) is 4.72. The zero-order valence-electron chi connectivity index (χ0n) is 12.5. The van der Waals surface area contributed by atoms with Crippen LogP contribution in [0.1, 0.15) is 32.6 Å². The van der Waals surface area contributed by atoms with Crippen molar-refractivity contribution in [1.82, 2.24) is 4.72 Å². The number of anilines is 1. The zero-order valence-corrected chi connectivity index (χ0v) is 13.3. The molecule has 0 aliphatic heterocycles. The van der Waals surface area contributed by atoms with Gasteiger partial charge in [-0.3, -0.25) is 0 Å². The van der Waals surface area contributed by atoms with Gasteiger partial charge in [0.15, 0.2) is 0 Å². The maximum Gasteiger partial charge on any atom is 0.240 e. The van der Waals surface area contributed by atoms with E-state index in [0.29, 0.717) is 19.1 Å². The summed E-state index contributed by atoms with van der Waals surface area (Å²) in [4.78, 5) is 2.47. The smallest absolute Gasteiger partial charge is 0.240 e. The molecule has 0 spiro atoms. The summed E-state index contributed by atoms with van der Waals surface area (Å²) < 4.78 is 26.3. The van der Waals surface area contributed by atoms with E-state index in [0.717, 1.165) is 18.5 Å². The van der Waals surface area contributed by atoms with Crippen LogP contribution in [0.3, 0.4) is 0 Å². The normalized spacial score (nSPS) is 16.3. The van der Waals surface area contributed by atoms with Crippen molar-refractivity contribution in [3.63, 3.8) is 0 Å². The summed E-state index contributed by atoms with van der Waals surface area (Å²) in [5, 5.41) is 9.26. The number of nitrogens with one attached hydrogen (secondary N) is 1. The average Bonchev–Trinajstić information content (AvgIpc) is 2.99. The number of rotatable bonds is 7. The second-order valence-corrected chi connectivity index (χ2v) is 7.12. The molecule has 0 saturated heterocycles. The summed E-state index contributed by atoms with van der Waals surface area (Å²) in [7, 11) is -3.40. The number of sulfonamides is 1. The van der Waals surface area contributed by atoms with Crippen LogP contribution in [-0.2, 0) is 10.0 Å². The molecule has 1 aliphatic carbocycles. The van der Waals surface area contributed by atoms with Crippen molar-refractivity contribution in [1.29, 1.82) is 0 Å². The monoisotopic (exact) mass is 312 g/mol. The summed E-state index contributed by atoms with van der Waals surface area (Å²) in [6.45, 7) is 2.83. The largest absolute Gasteiger partial charge is 0.395 e. The molecule has 0 heterocycles. The second kappa shape index (κ2) is 7.24.